The van der Waals surface area contributed by atoms with E-state index in [0.717, 1.165) is 17.4 Å². The molecule has 0 aliphatic rings. The summed E-state index contributed by atoms with van der Waals surface area (Å²) in [6, 6.07) is 24.6. The predicted octanol–water partition coefficient (Wildman–Crippen LogP) is 4.13. The molecule has 3 aromatic rings. The highest BCUT2D eigenvalue weighted by Crippen LogP contribution is 2.26. The zero-order valence-corrected chi connectivity index (χ0v) is 12.5. The monoisotopic (exact) mass is 292 g/mol. The van der Waals surface area contributed by atoms with Crippen LogP contribution in [0.1, 0.15) is 17.2 Å². The van der Waals surface area contributed by atoms with E-state index in [0.29, 0.717) is 6.61 Å². The smallest absolute Gasteiger partial charge is 0.106 e. The van der Waals surface area contributed by atoms with Crippen molar-refractivity contribution in [3.8, 4) is 0 Å². The largest absolute Gasteiger partial charge is 0.393 e. The van der Waals surface area contributed by atoms with Crippen LogP contribution in [0.25, 0.3) is 10.8 Å². The van der Waals surface area contributed by atoms with Crippen LogP contribution in [0.2, 0.25) is 0 Å². The summed E-state index contributed by atoms with van der Waals surface area (Å²) < 4.78 is 5.94. The molecule has 0 aliphatic heterocycles. The maximum absolute atomic E-state index is 9.71. The maximum atomic E-state index is 9.71. The molecule has 2 heteroatoms. The molecule has 1 unspecified atom stereocenters. The highest BCUT2D eigenvalue weighted by atomic mass is 16.5. The van der Waals surface area contributed by atoms with Gasteiger partial charge in [0.2, 0.25) is 0 Å². The minimum Gasteiger partial charge on any atom is -0.393 e. The average molecular weight is 292 g/mol. The lowest BCUT2D eigenvalue weighted by atomic mass is 10.0. The molecule has 2 nitrogen and oxygen atoms in total. The van der Waals surface area contributed by atoms with Crippen LogP contribution in [-0.2, 0) is 11.2 Å². The number of fused-ring (bicyclic) bond motifs is 1. The molecular formula is C20H20O2. The van der Waals surface area contributed by atoms with Crippen molar-refractivity contribution in [3.63, 3.8) is 0 Å². The molecule has 1 atom stereocenters. The van der Waals surface area contributed by atoms with Crippen molar-refractivity contribution >= 4 is 10.8 Å². The lowest BCUT2D eigenvalue weighted by Crippen LogP contribution is -2.11. The highest BCUT2D eigenvalue weighted by Gasteiger charge is 2.13. The van der Waals surface area contributed by atoms with Crippen molar-refractivity contribution in [1.82, 2.24) is 0 Å². The van der Waals surface area contributed by atoms with Crippen LogP contribution < -0.4 is 0 Å². The van der Waals surface area contributed by atoms with Crippen molar-refractivity contribution in [1.29, 1.82) is 0 Å². The average Bonchev–Trinajstić information content (AvgIpc) is 2.59. The van der Waals surface area contributed by atoms with Crippen LogP contribution in [0.3, 0.4) is 0 Å². The fourth-order valence-corrected chi connectivity index (χ4v) is 2.74. The minimum atomic E-state index is -0.283. The van der Waals surface area contributed by atoms with Gasteiger partial charge < -0.3 is 9.84 Å². The van der Waals surface area contributed by atoms with Gasteiger partial charge in [0.1, 0.15) is 6.10 Å². The van der Waals surface area contributed by atoms with Crippen molar-refractivity contribution < 1.29 is 9.84 Å². The molecule has 0 spiro atoms. The van der Waals surface area contributed by atoms with Gasteiger partial charge in [-0.25, -0.2) is 0 Å². The summed E-state index contributed by atoms with van der Waals surface area (Å²) in [6.45, 7) is 0.585. The predicted molar refractivity (Wildman–Crippen MR) is 89.9 cm³/mol. The zero-order chi connectivity index (χ0) is 15.2. The van der Waals surface area contributed by atoms with E-state index in [4.69, 9.17) is 4.74 Å². The van der Waals surface area contributed by atoms with Gasteiger partial charge in [-0.2, -0.15) is 0 Å². The second-order valence-electron chi connectivity index (χ2n) is 5.35. The number of benzene rings is 3. The van der Waals surface area contributed by atoms with Crippen molar-refractivity contribution in [2.45, 2.75) is 12.5 Å². The molecule has 1 N–H and O–H groups in total. The topological polar surface area (TPSA) is 29.5 Å². The van der Waals surface area contributed by atoms with Crippen molar-refractivity contribution in [3.05, 3.63) is 83.9 Å². The van der Waals surface area contributed by atoms with E-state index in [9.17, 15) is 5.11 Å². The van der Waals surface area contributed by atoms with E-state index >= 15 is 0 Å². The molecule has 112 valence electrons. The normalized spacial score (nSPS) is 12.4. The Morgan fingerprint density at radius 3 is 2.36 bits per heavy atom. The minimum absolute atomic E-state index is 0.0111. The SMILES string of the molecule is OCC(OCCc1ccccc1)c1cccc2ccccc12. The molecule has 0 bridgehead atoms. The van der Waals surface area contributed by atoms with Crippen LogP contribution in [0.15, 0.2) is 72.8 Å². The van der Waals surface area contributed by atoms with Crippen LogP contribution in [0.4, 0.5) is 0 Å². The number of aliphatic hydroxyl groups excluding tert-OH is 1. The number of ether oxygens (including phenoxy) is 1. The van der Waals surface area contributed by atoms with E-state index in [2.05, 4.69) is 30.3 Å². The third-order valence-corrected chi connectivity index (χ3v) is 3.89. The molecule has 3 rings (SSSR count). The first-order valence-corrected chi connectivity index (χ1v) is 7.62. The Balaban J connectivity index is 1.73. The van der Waals surface area contributed by atoms with Gasteiger partial charge in [0.25, 0.3) is 0 Å². The maximum Gasteiger partial charge on any atom is 0.106 e. The van der Waals surface area contributed by atoms with Crippen LogP contribution >= 0.6 is 0 Å². The van der Waals surface area contributed by atoms with Gasteiger partial charge in [0.15, 0.2) is 0 Å². The molecule has 0 saturated heterocycles. The van der Waals surface area contributed by atoms with Crippen molar-refractivity contribution in [2.24, 2.45) is 0 Å². The highest BCUT2D eigenvalue weighted by molar-refractivity contribution is 5.86. The van der Waals surface area contributed by atoms with Gasteiger partial charge in [-0.15, -0.1) is 0 Å². The molecule has 0 radical (unpaired) electrons. The second kappa shape index (κ2) is 7.21. The first-order valence-electron chi connectivity index (χ1n) is 7.62. The molecule has 3 aromatic carbocycles. The first-order chi connectivity index (χ1) is 10.9. The summed E-state index contributed by atoms with van der Waals surface area (Å²) in [5, 5.41) is 12.0. The van der Waals surface area contributed by atoms with Gasteiger partial charge >= 0.3 is 0 Å². The Hall–Kier alpha value is -2.16. The molecular weight excluding hydrogens is 272 g/mol. The fraction of sp³-hybridized carbons (Fsp3) is 0.200. The Morgan fingerprint density at radius 1 is 0.818 bits per heavy atom. The van der Waals surface area contributed by atoms with Gasteiger partial charge in [-0.1, -0.05) is 72.8 Å². The van der Waals surface area contributed by atoms with E-state index in [-0.39, 0.29) is 12.7 Å². The molecule has 0 aliphatic carbocycles. The van der Waals surface area contributed by atoms with Gasteiger partial charge in [-0.05, 0) is 28.3 Å². The van der Waals surface area contributed by atoms with Crippen molar-refractivity contribution in [2.75, 3.05) is 13.2 Å². The first kappa shape index (κ1) is 14.8. The van der Waals surface area contributed by atoms with E-state index in [1.54, 1.807) is 0 Å². The lowest BCUT2D eigenvalue weighted by molar-refractivity contribution is 0.0142. The lowest BCUT2D eigenvalue weighted by Gasteiger charge is -2.18. The molecule has 0 heterocycles. The van der Waals surface area contributed by atoms with Gasteiger partial charge in [0.05, 0.1) is 13.2 Å². The van der Waals surface area contributed by atoms with Crippen LogP contribution in [-0.4, -0.2) is 18.3 Å². The molecule has 0 amide bonds. The van der Waals surface area contributed by atoms with Gasteiger partial charge in [-0.3, -0.25) is 0 Å². The number of hydrogen-bond donors (Lipinski definition) is 1. The van der Waals surface area contributed by atoms with Crippen LogP contribution in [0.5, 0.6) is 0 Å². The Morgan fingerprint density at radius 2 is 1.55 bits per heavy atom. The van der Waals surface area contributed by atoms with Gasteiger partial charge in [0, 0.05) is 0 Å². The molecule has 0 aromatic heterocycles. The number of rotatable bonds is 6. The Labute approximate surface area is 131 Å². The summed E-state index contributed by atoms with van der Waals surface area (Å²) >= 11 is 0. The molecule has 22 heavy (non-hydrogen) atoms. The summed E-state index contributed by atoms with van der Waals surface area (Å²) in [7, 11) is 0. The Kier molecular flexibility index (Phi) is 4.84. The second-order valence-corrected chi connectivity index (χ2v) is 5.35. The third-order valence-electron chi connectivity index (χ3n) is 3.89. The summed E-state index contributed by atoms with van der Waals surface area (Å²) in [5.74, 6) is 0. The zero-order valence-electron chi connectivity index (χ0n) is 12.5. The summed E-state index contributed by atoms with van der Waals surface area (Å²) in [4.78, 5) is 0. The Bertz CT molecular complexity index is 717. The van der Waals surface area contributed by atoms with E-state index in [1.807, 2.05) is 42.5 Å². The number of hydrogen-bond acceptors (Lipinski definition) is 2. The fourth-order valence-electron chi connectivity index (χ4n) is 2.74. The van der Waals surface area contributed by atoms with E-state index < -0.39 is 0 Å². The summed E-state index contributed by atoms with van der Waals surface area (Å²) in [5.41, 5.74) is 2.30. The summed E-state index contributed by atoms with van der Waals surface area (Å²) in [6.07, 6.45) is 0.567. The van der Waals surface area contributed by atoms with Crippen LogP contribution in [0, 0.1) is 0 Å². The standard InChI is InChI=1S/C20H20O2/c21-15-20(22-14-13-16-7-2-1-3-8-16)19-12-6-10-17-9-4-5-11-18(17)19/h1-12,20-21H,13-15H2. The van der Waals surface area contributed by atoms with E-state index in [1.165, 1.54) is 10.9 Å². The molecule has 0 saturated carbocycles. The molecule has 0 fully saturated rings. The number of aliphatic hydroxyl groups is 1. The third kappa shape index (κ3) is 3.35. The quantitative estimate of drug-likeness (QED) is 0.740.